The molecule has 0 atom stereocenters. The van der Waals surface area contributed by atoms with E-state index in [4.69, 9.17) is 21.9 Å². The second-order valence-electron chi connectivity index (χ2n) is 6.31. The molecule has 15 heteroatoms. The van der Waals surface area contributed by atoms with E-state index in [2.05, 4.69) is 40.1 Å². The fourth-order valence-electron chi connectivity index (χ4n) is 2.43. The molecule has 4 aromatic rings. The van der Waals surface area contributed by atoms with Gasteiger partial charge in [-0.1, -0.05) is 16.8 Å². The molecule has 0 spiro atoms. The molecule has 0 saturated carbocycles. The van der Waals surface area contributed by atoms with Crippen molar-refractivity contribution in [2.45, 2.75) is 6.18 Å². The van der Waals surface area contributed by atoms with E-state index >= 15 is 0 Å². The lowest BCUT2D eigenvalue weighted by molar-refractivity contribution is -0.154. The van der Waals surface area contributed by atoms with Crippen LogP contribution in [-0.2, 0) is 0 Å². The zero-order chi connectivity index (χ0) is 23.6. The molecular formula is C18H11ClF4N8O2. The molecule has 0 aliphatic rings. The van der Waals surface area contributed by atoms with Crippen LogP contribution in [0.4, 0.5) is 35.1 Å². The summed E-state index contributed by atoms with van der Waals surface area (Å²) in [5.74, 6) is -1.04. The summed E-state index contributed by atoms with van der Waals surface area (Å²) in [7, 11) is 0. The highest BCUT2D eigenvalue weighted by Crippen LogP contribution is 2.25. The maximum atomic E-state index is 13.3. The van der Waals surface area contributed by atoms with Crippen molar-refractivity contribution in [3.05, 3.63) is 47.4 Å². The molecule has 10 nitrogen and oxygen atoms in total. The Hall–Kier alpha value is -4.07. The molecule has 0 saturated heterocycles. The van der Waals surface area contributed by atoms with Crippen molar-refractivity contribution in [3.63, 3.8) is 0 Å². The summed E-state index contributed by atoms with van der Waals surface area (Å²) in [5.41, 5.74) is 6.43. The number of hydrogen-bond donors (Lipinski definition) is 2. The molecule has 0 aliphatic heterocycles. The average molecular weight is 483 g/mol. The topological polar surface area (TPSA) is 138 Å². The Morgan fingerprint density at radius 1 is 1.06 bits per heavy atom. The van der Waals surface area contributed by atoms with Crippen LogP contribution in [0.5, 0.6) is 5.88 Å². The van der Waals surface area contributed by atoms with Gasteiger partial charge in [0.2, 0.25) is 29.4 Å². The average Bonchev–Trinajstić information content (AvgIpc) is 3.25. The lowest BCUT2D eigenvalue weighted by Gasteiger charge is -2.07. The Balaban J connectivity index is 1.52. The number of ether oxygens (including phenoxy) is 1. The number of pyridine rings is 1. The van der Waals surface area contributed by atoms with E-state index in [0.29, 0.717) is 11.3 Å². The van der Waals surface area contributed by atoms with Crippen LogP contribution in [0.2, 0.25) is 5.02 Å². The summed E-state index contributed by atoms with van der Waals surface area (Å²) < 4.78 is 59.7. The Kier molecular flexibility index (Phi) is 5.91. The van der Waals surface area contributed by atoms with Crippen molar-refractivity contribution >= 4 is 29.2 Å². The third kappa shape index (κ3) is 5.60. The van der Waals surface area contributed by atoms with Crippen molar-refractivity contribution in [1.29, 1.82) is 0 Å². The van der Waals surface area contributed by atoms with Crippen LogP contribution in [-0.4, -0.2) is 42.9 Å². The van der Waals surface area contributed by atoms with Crippen LogP contribution in [0.15, 0.2) is 41.1 Å². The number of aromatic nitrogens is 6. The van der Waals surface area contributed by atoms with Gasteiger partial charge in [0.05, 0.1) is 10.6 Å². The first-order valence-electron chi connectivity index (χ1n) is 8.90. The second kappa shape index (κ2) is 8.82. The first-order valence-corrected chi connectivity index (χ1v) is 9.28. The maximum absolute atomic E-state index is 13.3. The maximum Gasteiger partial charge on any atom is 0.422 e. The zero-order valence-electron chi connectivity index (χ0n) is 16.1. The van der Waals surface area contributed by atoms with Crippen LogP contribution in [0.1, 0.15) is 0 Å². The third-order valence-corrected chi connectivity index (χ3v) is 4.11. The van der Waals surface area contributed by atoms with Crippen molar-refractivity contribution in [2.24, 2.45) is 0 Å². The Bertz CT molecular complexity index is 1280. The lowest BCUT2D eigenvalue weighted by Crippen LogP contribution is -2.19. The van der Waals surface area contributed by atoms with Gasteiger partial charge in [0, 0.05) is 18.0 Å². The van der Waals surface area contributed by atoms with Gasteiger partial charge in [-0.25, -0.2) is 9.37 Å². The van der Waals surface area contributed by atoms with Gasteiger partial charge >= 0.3 is 6.18 Å². The number of nitrogens with two attached hydrogens (primary N) is 1. The van der Waals surface area contributed by atoms with Crippen LogP contribution in [0, 0.1) is 5.82 Å². The quantitative estimate of drug-likeness (QED) is 0.387. The number of benzene rings is 1. The molecule has 3 N–H and O–H groups in total. The SMILES string of the molecule is Nc1nc(Nc2ccc(F)c(Cl)c2)nc(-c2noc(-c3ccc(OCC(F)(F)F)nc3)n2)n1. The van der Waals surface area contributed by atoms with Gasteiger partial charge in [-0.3, -0.25) is 0 Å². The first kappa shape index (κ1) is 22.1. The van der Waals surface area contributed by atoms with E-state index in [1.807, 2.05) is 0 Å². The molecular weight excluding hydrogens is 472 g/mol. The van der Waals surface area contributed by atoms with Crippen molar-refractivity contribution in [2.75, 3.05) is 17.7 Å². The van der Waals surface area contributed by atoms with E-state index in [9.17, 15) is 17.6 Å². The van der Waals surface area contributed by atoms with Gasteiger partial charge in [0.1, 0.15) is 5.82 Å². The predicted molar refractivity (Wildman–Crippen MR) is 107 cm³/mol. The van der Waals surface area contributed by atoms with Crippen LogP contribution in [0.3, 0.4) is 0 Å². The number of nitrogen functional groups attached to an aromatic ring is 1. The summed E-state index contributed by atoms with van der Waals surface area (Å²) in [5, 5.41) is 6.47. The Labute approximate surface area is 186 Å². The standard InChI is InChI=1S/C18H11ClF4N8O2/c19-10-5-9(2-3-11(10)20)26-17-29-13(28-16(24)30-17)14-27-15(33-31-14)8-1-4-12(25-6-8)32-7-18(21,22)23/h1-6H,7H2,(H3,24,26,28,29,30). The van der Waals surface area contributed by atoms with Gasteiger partial charge in [-0.15, -0.1) is 0 Å². The van der Waals surface area contributed by atoms with Crippen molar-refractivity contribution in [3.8, 4) is 29.0 Å². The highest BCUT2D eigenvalue weighted by atomic mass is 35.5. The largest absolute Gasteiger partial charge is 0.468 e. The summed E-state index contributed by atoms with van der Waals surface area (Å²) >= 11 is 5.76. The minimum absolute atomic E-state index is 0.00122. The lowest BCUT2D eigenvalue weighted by atomic mass is 10.3. The number of halogens is 5. The number of hydrogen-bond acceptors (Lipinski definition) is 10. The fraction of sp³-hybridized carbons (Fsp3) is 0.111. The molecule has 0 unspecified atom stereocenters. The molecule has 0 amide bonds. The van der Waals surface area contributed by atoms with Gasteiger partial charge < -0.3 is 20.3 Å². The molecule has 1 aromatic carbocycles. The summed E-state index contributed by atoms with van der Waals surface area (Å²) in [6.07, 6.45) is -3.28. The van der Waals surface area contributed by atoms with E-state index in [1.165, 1.54) is 30.5 Å². The fourth-order valence-corrected chi connectivity index (χ4v) is 2.61. The van der Waals surface area contributed by atoms with Gasteiger partial charge in [-0.05, 0) is 24.3 Å². The molecule has 4 rings (SSSR count). The van der Waals surface area contributed by atoms with Gasteiger partial charge in [-0.2, -0.15) is 33.1 Å². The number of rotatable bonds is 6. The molecule has 170 valence electrons. The molecule has 0 fully saturated rings. The minimum atomic E-state index is -4.48. The normalized spacial score (nSPS) is 11.4. The zero-order valence-corrected chi connectivity index (χ0v) is 16.9. The third-order valence-electron chi connectivity index (χ3n) is 3.82. The second-order valence-corrected chi connectivity index (χ2v) is 6.71. The monoisotopic (exact) mass is 482 g/mol. The number of nitrogens with zero attached hydrogens (tertiary/aromatic N) is 6. The molecule has 3 aromatic heterocycles. The molecule has 33 heavy (non-hydrogen) atoms. The Morgan fingerprint density at radius 2 is 1.88 bits per heavy atom. The highest BCUT2D eigenvalue weighted by Gasteiger charge is 2.28. The summed E-state index contributed by atoms with van der Waals surface area (Å²) in [6.45, 7) is -1.47. The molecule has 3 heterocycles. The van der Waals surface area contributed by atoms with E-state index in [1.54, 1.807) is 0 Å². The van der Waals surface area contributed by atoms with Crippen LogP contribution in [0.25, 0.3) is 23.1 Å². The summed E-state index contributed by atoms with van der Waals surface area (Å²) in [4.78, 5) is 19.9. The minimum Gasteiger partial charge on any atom is -0.468 e. The molecule has 0 aliphatic carbocycles. The van der Waals surface area contributed by atoms with Gasteiger partial charge in [0.25, 0.3) is 5.89 Å². The van der Waals surface area contributed by atoms with Crippen LogP contribution < -0.4 is 15.8 Å². The smallest absolute Gasteiger partial charge is 0.422 e. The number of alkyl halides is 3. The predicted octanol–water partition coefficient (Wildman–Crippen LogP) is 4.04. The van der Waals surface area contributed by atoms with Crippen LogP contribution >= 0.6 is 11.6 Å². The summed E-state index contributed by atoms with van der Waals surface area (Å²) in [6, 6.07) is 6.53. The highest BCUT2D eigenvalue weighted by molar-refractivity contribution is 6.31. The van der Waals surface area contributed by atoms with E-state index in [0.717, 1.165) is 6.07 Å². The Morgan fingerprint density at radius 3 is 2.58 bits per heavy atom. The first-order chi connectivity index (χ1) is 15.7. The number of anilines is 3. The van der Waals surface area contributed by atoms with E-state index < -0.39 is 18.6 Å². The van der Waals surface area contributed by atoms with Gasteiger partial charge in [0.15, 0.2) is 6.61 Å². The number of nitrogens with one attached hydrogen (secondary N) is 1. The molecule has 0 bridgehead atoms. The van der Waals surface area contributed by atoms with Crippen molar-refractivity contribution in [1.82, 2.24) is 30.1 Å². The van der Waals surface area contributed by atoms with Crippen molar-refractivity contribution < 1.29 is 26.8 Å². The van der Waals surface area contributed by atoms with E-state index in [-0.39, 0.29) is 40.3 Å². The molecule has 0 radical (unpaired) electrons.